The lowest BCUT2D eigenvalue weighted by Crippen LogP contribution is -2.49. The molecule has 2 heterocycles. The van der Waals surface area contributed by atoms with Crippen molar-refractivity contribution in [2.75, 3.05) is 50.1 Å². The molecule has 0 atom stereocenters. The molecule has 7 heteroatoms. The first kappa shape index (κ1) is 17.7. The predicted molar refractivity (Wildman–Crippen MR) is 103 cm³/mol. The van der Waals surface area contributed by atoms with Gasteiger partial charge in [-0.2, -0.15) is 4.98 Å². The summed E-state index contributed by atoms with van der Waals surface area (Å²) >= 11 is 3.42. The van der Waals surface area contributed by atoms with E-state index in [0.29, 0.717) is 18.7 Å². The third kappa shape index (κ3) is 4.10. The van der Waals surface area contributed by atoms with Crippen LogP contribution in [0.3, 0.4) is 0 Å². The molecule has 0 saturated carbocycles. The van der Waals surface area contributed by atoms with E-state index < -0.39 is 0 Å². The summed E-state index contributed by atoms with van der Waals surface area (Å²) in [5.74, 6) is 1.70. The molecule has 1 aliphatic rings. The molecule has 25 heavy (non-hydrogen) atoms. The molecule has 0 aliphatic carbocycles. The van der Waals surface area contributed by atoms with Gasteiger partial charge in [-0.15, -0.1) is 0 Å². The molecule has 0 bridgehead atoms. The van der Waals surface area contributed by atoms with Gasteiger partial charge in [-0.3, -0.25) is 4.79 Å². The Morgan fingerprint density at radius 1 is 1.12 bits per heavy atom. The smallest absolute Gasteiger partial charge is 0.254 e. The van der Waals surface area contributed by atoms with E-state index in [2.05, 4.69) is 30.8 Å². The normalized spacial score (nSPS) is 14.6. The molecule has 132 valence electrons. The van der Waals surface area contributed by atoms with Crippen molar-refractivity contribution in [1.29, 1.82) is 0 Å². The SMILES string of the molecule is Cc1cc(N(C)C)nc(N2CCN(C(=O)c3cccc(Br)c3)CC2)n1. The predicted octanol–water partition coefficient (Wildman–Crippen LogP) is 2.58. The van der Waals surface area contributed by atoms with Crippen molar-refractivity contribution in [3.63, 3.8) is 0 Å². The Kier molecular flexibility index (Phi) is 5.22. The van der Waals surface area contributed by atoms with Gasteiger partial charge in [0.1, 0.15) is 5.82 Å². The van der Waals surface area contributed by atoms with Crippen molar-refractivity contribution >= 4 is 33.6 Å². The zero-order valence-corrected chi connectivity index (χ0v) is 16.3. The summed E-state index contributed by atoms with van der Waals surface area (Å²) in [7, 11) is 3.94. The molecule has 1 saturated heterocycles. The number of piperazine rings is 1. The fourth-order valence-electron chi connectivity index (χ4n) is 2.82. The third-order valence-electron chi connectivity index (χ3n) is 4.21. The summed E-state index contributed by atoms with van der Waals surface area (Å²) in [4.78, 5) is 27.8. The number of aryl methyl sites for hydroxylation is 1. The Bertz CT molecular complexity index is 772. The van der Waals surface area contributed by atoms with Crippen LogP contribution in [0.2, 0.25) is 0 Å². The molecule has 6 nitrogen and oxygen atoms in total. The number of amides is 1. The average molecular weight is 404 g/mol. The van der Waals surface area contributed by atoms with Gasteiger partial charge in [-0.25, -0.2) is 4.98 Å². The van der Waals surface area contributed by atoms with E-state index in [0.717, 1.165) is 35.0 Å². The first-order chi connectivity index (χ1) is 11.9. The number of nitrogens with zero attached hydrogens (tertiary/aromatic N) is 5. The number of aromatic nitrogens is 2. The Hall–Kier alpha value is -2.15. The summed E-state index contributed by atoms with van der Waals surface area (Å²) in [5.41, 5.74) is 1.66. The van der Waals surface area contributed by atoms with Gasteiger partial charge in [0, 0.05) is 62.1 Å². The molecule has 1 aliphatic heterocycles. The minimum atomic E-state index is 0.0695. The van der Waals surface area contributed by atoms with E-state index in [-0.39, 0.29) is 5.91 Å². The highest BCUT2D eigenvalue weighted by molar-refractivity contribution is 9.10. The second-order valence-electron chi connectivity index (χ2n) is 6.35. The molecule has 1 aromatic carbocycles. The minimum absolute atomic E-state index is 0.0695. The van der Waals surface area contributed by atoms with E-state index in [1.165, 1.54) is 0 Å². The van der Waals surface area contributed by atoms with Crippen molar-refractivity contribution in [3.8, 4) is 0 Å². The first-order valence-electron chi connectivity index (χ1n) is 8.27. The summed E-state index contributed by atoms with van der Waals surface area (Å²) in [6.45, 7) is 4.78. The molecule has 1 fully saturated rings. The lowest BCUT2D eigenvalue weighted by molar-refractivity contribution is 0.0746. The Labute approximate surface area is 156 Å². The highest BCUT2D eigenvalue weighted by Crippen LogP contribution is 2.19. The maximum atomic E-state index is 12.6. The monoisotopic (exact) mass is 403 g/mol. The molecule has 2 aromatic rings. The molecule has 3 rings (SSSR count). The zero-order chi connectivity index (χ0) is 18.0. The van der Waals surface area contributed by atoms with E-state index >= 15 is 0 Å². The van der Waals surface area contributed by atoms with Crippen LogP contribution >= 0.6 is 15.9 Å². The van der Waals surface area contributed by atoms with E-state index in [4.69, 9.17) is 0 Å². The Morgan fingerprint density at radius 3 is 2.48 bits per heavy atom. The first-order valence-corrected chi connectivity index (χ1v) is 9.06. The van der Waals surface area contributed by atoms with Crippen LogP contribution in [0.25, 0.3) is 0 Å². The molecule has 0 radical (unpaired) electrons. The molecular formula is C18H22BrN5O. The Morgan fingerprint density at radius 2 is 1.84 bits per heavy atom. The van der Waals surface area contributed by atoms with Gasteiger partial charge in [-0.05, 0) is 25.1 Å². The second kappa shape index (κ2) is 7.39. The van der Waals surface area contributed by atoms with Crippen LogP contribution in [0, 0.1) is 6.92 Å². The number of rotatable bonds is 3. The lowest BCUT2D eigenvalue weighted by atomic mass is 10.2. The van der Waals surface area contributed by atoms with E-state index in [1.54, 1.807) is 0 Å². The van der Waals surface area contributed by atoms with Crippen molar-refractivity contribution in [2.24, 2.45) is 0 Å². The number of halogens is 1. The molecule has 0 unspecified atom stereocenters. The standard InChI is InChI=1S/C18H22BrN5O/c1-13-11-16(22(2)3)21-18(20-13)24-9-7-23(8-10-24)17(25)14-5-4-6-15(19)12-14/h4-6,11-12H,7-10H2,1-3H3. The van der Waals surface area contributed by atoms with Gasteiger partial charge < -0.3 is 14.7 Å². The minimum Gasteiger partial charge on any atom is -0.363 e. The highest BCUT2D eigenvalue weighted by atomic mass is 79.9. The van der Waals surface area contributed by atoms with Crippen LogP contribution in [0.15, 0.2) is 34.8 Å². The third-order valence-corrected chi connectivity index (χ3v) is 4.70. The topological polar surface area (TPSA) is 52.6 Å². The van der Waals surface area contributed by atoms with Crippen LogP contribution in [0.5, 0.6) is 0 Å². The average Bonchev–Trinajstić information content (AvgIpc) is 2.60. The van der Waals surface area contributed by atoms with Crippen LogP contribution in [0.4, 0.5) is 11.8 Å². The van der Waals surface area contributed by atoms with E-state index in [9.17, 15) is 4.79 Å². The largest absolute Gasteiger partial charge is 0.363 e. The summed E-state index contributed by atoms with van der Waals surface area (Å²) in [6.07, 6.45) is 0. The maximum Gasteiger partial charge on any atom is 0.254 e. The van der Waals surface area contributed by atoms with Crippen molar-refractivity contribution < 1.29 is 4.79 Å². The number of benzene rings is 1. The molecule has 0 N–H and O–H groups in total. The van der Waals surface area contributed by atoms with Gasteiger partial charge in [0.05, 0.1) is 0 Å². The zero-order valence-electron chi connectivity index (χ0n) is 14.7. The maximum absolute atomic E-state index is 12.6. The van der Waals surface area contributed by atoms with Gasteiger partial charge in [0.25, 0.3) is 5.91 Å². The highest BCUT2D eigenvalue weighted by Gasteiger charge is 2.24. The molecule has 1 amide bonds. The van der Waals surface area contributed by atoms with Gasteiger partial charge in [0.2, 0.25) is 5.95 Å². The van der Waals surface area contributed by atoms with Crippen molar-refractivity contribution in [3.05, 3.63) is 46.1 Å². The summed E-state index contributed by atoms with van der Waals surface area (Å²) in [6, 6.07) is 9.49. The fraction of sp³-hybridized carbons (Fsp3) is 0.389. The van der Waals surface area contributed by atoms with E-state index in [1.807, 2.05) is 61.2 Å². The number of hydrogen-bond acceptors (Lipinski definition) is 5. The van der Waals surface area contributed by atoms with Gasteiger partial charge in [-0.1, -0.05) is 22.0 Å². The van der Waals surface area contributed by atoms with Crippen LogP contribution in [-0.2, 0) is 0 Å². The molecular weight excluding hydrogens is 382 g/mol. The van der Waals surface area contributed by atoms with Crippen LogP contribution in [-0.4, -0.2) is 61.0 Å². The van der Waals surface area contributed by atoms with Gasteiger partial charge in [0.15, 0.2) is 0 Å². The second-order valence-corrected chi connectivity index (χ2v) is 7.27. The summed E-state index contributed by atoms with van der Waals surface area (Å²) in [5, 5.41) is 0. The quantitative estimate of drug-likeness (QED) is 0.787. The fourth-order valence-corrected chi connectivity index (χ4v) is 3.22. The summed E-state index contributed by atoms with van der Waals surface area (Å²) < 4.78 is 0.918. The molecule has 0 spiro atoms. The van der Waals surface area contributed by atoms with Crippen molar-refractivity contribution in [2.45, 2.75) is 6.92 Å². The lowest BCUT2D eigenvalue weighted by Gasteiger charge is -2.35. The molecule has 1 aromatic heterocycles. The van der Waals surface area contributed by atoms with Gasteiger partial charge >= 0.3 is 0 Å². The van der Waals surface area contributed by atoms with Crippen molar-refractivity contribution in [1.82, 2.24) is 14.9 Å². The number of hydrogen-bond donors (Lipinski definition) is 0. The van der Waals surface area contributed by atoms with Crippen LogP contribution in [0.1, 0.15) is 16.1 Å². The number of anilines is 2. The number of carbonyl (C=O) groups is 1. The number of carbonyl (C=O) groups excluding carboxylic acids is 1. The Balaban J connectivity index is 1.69. The van der Waals surface area contributed by atoms with Crippen LogP contribution < -0.4 is 9.80 Å².